The lowest BCUT2D eigenvalue weighted by atomic mass is 10.1. The van der Waals surface area contributed by atoms with Gasteiger partial charge < -0.3 is 20.3 Å². The van der Waals surface area contributed by atoms with Crippen molar-refractivity contribution < 1.29 is 19.7 Å². The average molecular weight is 276 g/mol. The number of hydrogen-bond acceptors (Lipinski definition) is 4. The van der Waals surface area contributed by atoms with Gasteiger partial charge in [-0.3, -0.25) is 0 Å². The van der Waals surface area contributed by atoms with E-state index in [1.54, 1.807) is 18.2 Å². The number of carboxylic acids is 1. The summed E-state index contributed by atoms with van der Waals surface area (Å²) in [5.41, 5.74) is 1.07. The molecule has 0 saturated carbocycles. The molecule has 0 aliphatic heterocycles. The second-order valence-corrected chi connectivity index (χ2v) is 3.48. The summed E-state index contributed by atoms with van der Waals surface area (Å²) in [6, 6.07) is 6.88. The summed E-state index contributed by atoms with van der Waals surface area (Å²) >= 11 is 0. The van der Waals surface area contributed by atoms with E-state index in [1.807, 2.05) is 6.07 Å². The largest absolute Gasteiger partial charge is 0.478 e. The van der Waals surface area contributed by atoms with Gasteiger partial charge in [0.1, 0.15) is 0 Å². The van der Waals surface area contributed by atoms with Crippen LogP contribution in [0.4, 0.5) is 0 Å². The van der Waals surface area contributed by atoms with E-state index >= 15 is 0 Å². The number of carboxylic acid groups (broad SMARTS) is 1. The number of aromatic carboxylic acids is 1. The average Bonchev–Trinajstić information content (AvgIpc) is 2.34. The van der Waals surface area contributed by atoms with Gasteiger partial charge in [0.05, 0.1) is 25.4 Å². The molecular weight excluding hydrogens is 258 g/mol. The maximum atomic E-state index is 10.9. The van der Waals surface area contributed by atoms with Crippen molar-refractivity contribution in [3.63, 3.8) is 0 Å². The summed E-state index contributed by atoms with van der Waals surface area (Å²) in [5.74, 6) is -0.918. The van der Waals surface area contributed by atoms with Gasteiger partial charge in [0.2, 0.25) is 0 Å². The summed E-state index contributed by atoms with van der Waals surface area (Å²) in [5, 5.41) is 20.5. The van der Waals surface area contributed by atoms with Gasteiger partial charge in [-0.1, -0.05) is 18.2 Å². The summed E-state index contributed by atoms with van der Waals surface area (Å²) < 4.78 is 5.07. The van der Waals surface area contributed by atoms with Gasteiger partial charge in [-0.2, -0.15) is 0 Å². The Morgan fingerprint density at radius 1 is 1.28 bits per heavy atom. The van der Waals surface area contributed by atoms with Gasteiger partial charge in [0, 0.05) is 13.1 Å². The van der Waals surface area contributed by atoms with E-state index in [0.29, 0.717) is 31.9 Å². The highest BCUT2D eigenvalue weighted by atomic mass is 35.5. The Morgan fingerprint density at radius 3 is 2.67 bits per heavy atom. The zero-order valence-corrected chi connectivity index (χ0v) is 10.8. The second-order valence-electron chi connectivity index (χ2n) is 3.48. The predicted molar refractivity (Wildman–Crippen MR) is 70.3 cm³/mol. The van der Waals surface area contributed by atoms with Crippen molar-refractivity contribution in [1.29, 1.82) is 0 Å². The number of aliphatic hydroxyl groups excluding tert-OH is 1. The van der Waals surface area contributed by atoms with Crippen molar-refractivity contribution in [2.45, 2.75) is 6.54 Å². The molecule has 18 heavy (non-hydrogen) atoms. The Balaban J connectivity index is 0.00000289. The monoisotopic (exact) mass is 275 g/mol. The highest BCUT2D eigenvalue weighted by Gasteiger charge is 2.07. The maximum Gasteiger partial charge on any atom is 0.336 e. The van der Waals surface area contributed by atoms with Crippen molar-refractivity contribution in [1.82, 2.24) is 5.32 Å². The van der Waals surface area contributed by atoms with E-state index in [1.165, 1.54) is 0 Å². The van der Waals surface area contributed by atoms with Crippen LogP contribution in [0.2, 0.25) is 0 Å². The molecule has 0 spiro atoms. The topological polar surface area (TPSA) is 78.8 Å². The molecule has 0 amide bonds. The number of carbonyl (C=O) groups is 1. The van der Waals surface area contributed by atoms with Gasteiger partial charge in [-0.25, -0.2) is 4.79 Å². The molecular formula is C12H18ClNO4. The number of ether oxygens (including phenoxy) is 1. The van der Waals surface area contributed by atoms with Crippen molar-refractivity contribution >= 4 is 18.4 Å². The molecule has 1 aromatic carbocycles. The molecule has 0 fully saturated rings. The fourth-order valence-electron chi connectivity index (χ4n) is 1.42. The van der Waals surface area contributed by atoms with Gasteiger partial charge >= 0.3 is 5.97 Å². The summed E-state index contributed by atoms with van der Waals surface area (Å²) in [4.78, 5) is 10.9. The minimum atomic E-state index is -0.918. The standard InChI is InChI=1S/C12H17NO4.ClH/c14-6-8-17-7-5-13-9-10-3-1-2-4-11(10)12(15)16;/h1-4,13-14H,5-9H2,(H,15,16);1H. The molecule has 0 bridgehead atoms. The Hall–Kier alpha value is -1.14. The lowest BCUT2D eigenvalue weighted by Gasteiger charge is -2.07. The third-order valence-electron chi connectivity index (χ3n) is 2.22. The maximum absolute atomic E-state index is 10.9. The third kappa shape index (κ3) is 5.97. The van der Waals surface area contributed by atoms with Crippen LogP contribution in [0.1, 0.15) is 15.9 Å². The van der Waals surface area contributed by atoms with Crippen LogP contribution in [-0.2, 0) is 11.3 Å². The molecule has 1 aromatic rings. The Morgan fingerprint density at radius 2 is 2.00 bits per heavy atom. The number of benzene rings is 1. The van der Waals surface area contributed by atoms with Crippen LogP contribution in [-0.4, -0.2) is 42.5 Å². The minimum absolute atomic E-state index is 0. The van der Waals surface area contributed by atoms with E-state index < -0.39 is 5.97 Å². The molecule has 0 aliphatic rings. The summed E-state index contributed by atoms with van der Waals surface area (Å²) in [7, 11) is 0. The number of nitrogens with one attached hydrogen (secondary N) is 1. The minimum Gasteiger partial charge on any atom is -0.478 e. The van der Waals surface area contributed by atoms with Crippen LogP contribution in [0.5, 0.6) is 0 Å². The number of hydrogen-bond donors (Lipinski definition) is 3. The third-order valence-corrected chi connectivity index (χ3v) is 2.22. The first kappa shape index (κ1) is 16.9. The molecule has 0 heterocycles. The van der Waals surface area contributed by atoms with Gasteiger partial charge in [0.15, 0.2) is 0 Å². The van der Waals surface area contributed by atoms with Crippen molar-refractivity contribution in [3.8, 4) is 0 Å². The quantitative estimate of drug-likeness (QED) is 0.615. The Kier molecular flexibility index (Phi) is 9.22. The van der Waals surface area contributed by atoms with E-state index in [-0.39, 0.29) is 19.0 Å². The van der Waals surface area contributed by atoms with E-state index in [9.17, 15) is 4.79 Å². The normalized spacial score (nSPS) is 9.83. The number of halogens is 1. The van der Waals surface area contributed by atoms with Crippen LogP contribution in [0.15, 0.2) is 24.3 Å². The predicted octanol–water partition coefficient (Wildman–Crippen LogP) is 0.905. The fraction of sp³-hybridized carbons (Fsp3) is 0.417. The zero-order valence-electron chi connectivity index (χ0n) is 9.96. The lowest BCUT2D eigenvalue weighted by molar-refractivity contribution is 0.0695. The second kappa shape index (κ2) is 9.85. The molecule has 0 aliphatic carbocycles. The van der Waals surface area contributed by atoms with Crippen LogP contribution >= 0.6 is 12.4 Å². The Labute approximate surface area is 112 Å². The summed E-state index contributed by atoms with van der Waals surface area (Å²) in [6.45, 7) is 1.95. The SMILES string of the molecule is Cl.O=C(O)c1ccccc1CNCCOCCO. The first-order valence-corrected chi connectivity index (χ1v) is 5.46. The van der Waals surface area contributed by atoms with E-state index in [2.05, 4.69) is 5.32 Å². The molecule has 0 aromatic heterocycles. The molecule has 0 unspecified atom stereocenters. The van der Waals surface area contributed by atoms with Crippen LogP contribution < -0.4 is 5.32 Å². The first-order valence-electron chi connectivity index (χ1n) is 5.46. The molecule has 1 rings (SSSR count). The van der Waals surface area contributed by atoms with Crippen LogP contribution in [0.25, 0.3) is 0 Å². The molecule has 6 heteroatoms. The molecule has 0 radical (unpaired) electrons. The summed E-state index contributed by atoms with van der Waals surface area (Å²) in [6.07, 6.45) is 0. The number of rotatable bonds is 8. The highest BCUT2D eigenvalue weighted by Crippen LogP contribution is 2.07. The van der Waals surface area contributed by atoms with Crippen molar-refractivity contribution in [2.24, 2.45) is 0 Å². The zero-order chi connectivity index (χ0) is 12.5. The lowest BCUT2D eigenvalue weighted by Crippen LogP contribution is -2.21. The fourth-order valence-corrected chi connectivity index (χ4v) is 1.42. The van der Waals surface area contributed by atoms with E-state index in [0.717, 1.165) is 5.56 Å². The van der Waals surface area contributed by atoms with Gasteiger partial charge in [-0.15, -0.1) is 12.4 Å². The molecule has 5 nitrogen and oxygen atoms in total. The molecule has 102 valence electrons. The number of aliphatic hydroxyl groups is 1. The molecule has 0 saturated heterocycles. The van der Waals surface area contributed by atoms with Gasteiger partial charge in [0.25, 0.3) is 0 Å². The van der Waals surface area contributed by atoms with Gasteiger partial charge in [-0.05, 0) is 11.6 Å². The smallest absolute Gasteiger partial charge is 0.336 e. The van der Waals surface area contributed by atoms with Crippen molar-refractivity contribution in [2.75, 3.05) is 26.4 Å². The van der Waals surface area contributed by atoms with Crippen molar-refractivity contribution in [3.05, 3.63) is 35.4 Å². The van der Waals surface area contributed by atoms with Crippen LogP contribution in [0, 0.1) is 0 Å². The molecule has 0 atom stereocenters. The van der Waals surface area contributed by atoms with E-state index in [4.69, 9.17) is 14.9 Å². The Bertz CT molecular complexity index is 360. The van der Waals surface area contributed by atoms with Crippen LogP contribution in [0.3, 0.4) is 0 Å². The first-order chi connectivity index (χ1) is 8.25. The molecule has 3 N–H and O–H groups in total. The highest BCUT2D eigenvalue weighted by molar-refractivity contribution is 5.89.